The molecule has 106 valence electrons. The van der Waals surface area contributed by atoms with Crippen LogP contribution in [0.2, 0.25) is 0 Å². The maximum Gasteiger partial charge on any atom is 0.123 e. The van der Waals surface area contributed by atoms with Gasteiger partial charge < -0.3 is 4.57 Å². The van der Waals surface area contributed by atoms with E-state index in [4.69, 9.17) is 0 Å². The molecule has 0 radical (unpaired) electrons. The van der Waals surface area contributed by atoms with E-state index in [1.165, 1.54) is 17.7 Å². The Kier molecular flexibility index (Phi) is 3.82. The summed E-state index contributed by atoms with van der Waals surface area (Å²) in [6.07, 6.45) is 6.64. The third-order valence-corrected chi connectivity index (χ3v) is 3.74. The summed E-state index contributed by atoms with van der Waals surface area (Å²) in [4.78, 5) is 4.12. The summed E-state index contributed by atoms with van der Waals surface area (Å²) in [5.74, 6) is -0.207. The van der Waals surface area contributed by atoms with Crippen molar-refractivity contribution in [1.82, 2.24) is 9.55 Å². The normalized spacial score (nSPS) is 12.3. The second-order valence-electron chi connectivity index (χ2n) is 5.06. The Labute approximate surface area is 123 Å². The minimum atomic E-state index is -0.207. The van der Waals surface area contributed by atoms with Gasteiger partial charge in [0.1, 0.15) is 5.82 Å². The molecular formula is C18H17FN2. The number of imidazole rings is 1. The molecule has 0 saturated heterocycles. The van der Waals surface area contributed by atoms with Gasteiger partial charge in [-0.15, -0.1) is 0 Å². The van der Waals surface area contributed by atoms with Gasteiger partial charge >= 0.3 is 0 Å². The topological polar surface area (TPSA) is 17.8 Å². The highest BCUT2D eigenvalue weighted by atomic mass is 19.1. The lowest BCUT2D eigenvalue weighted by atomic mass is 9.99. The lowest BCUT2D eigenvalue weighted by molar-refractivity contribution is 0.566. The van der Waals surface area contributed by atoms with Crippen LogP contribution >= 0.6 is 0 Å². The molecule has 3 aromatic rings. The van der Waals surface area contributed by atoms with Gasteiger partial charge in [-0.3, -0.25) is 0 Å². The van der Waals surface area contributed by atoms with E-state index in [1.807, 2.05) is 12.5 Å². The quantitative estimate of drug-likeness (QED) is 0.678. The van der Waals surface area contributed by atoms with Gasteiger partial charge in [0.2, 0.25) is 0 Å². The number of nitrogens with zero attached hydrogens (tertiary/aromatic N) is 2. The highest BCUT2D eigenvalue weighted by Crippen LogP contribution is 2.25. The molecule has 3 heteroatoms. The van der Waals surface area contributed by atoms with Crippen molar-refractivity contribution in [3.05, 3.63) is 78.6 Å². The molecule has 1 atom stereocenters. The van der Waals surface area contributed by atoms with Crippen LogP contribution < -0.4 is 0 Å². The van der Waals surface area contributed by atoms with Crippen LogP contribution in [0.1, 0.15) is 24.9 Å². The van der Waals surface area contributed by atoms with Crippen LogP contribution in [0.3, 0.4) is 0 Å². The summed E-state index contributed by atoms with van der Waals surface area (Å²) in [5.41, 5.74) is 3.37. The average molecular weight is 280 g/mol. The summed E-state index contributed by atoms with van der Waals surface area (Å²) < 4.78 is 15.1. The first-order chi connectivity index (χ1) is 10.3. The fraction of sp³-hybridized carbons (Fsp3) is 0.167. The largest absolute Gasteiger partial charge is 0.330 e. The highest BCUT2D eigenvalue weighted by molar-refractivity contribution is 5.63. The van der Waals surface area contributed by atoms with Crippen molar-refractivity contribution < 1.29 is 4.39 Å². The summed E-state index contributed by atoms with van der Waals surface area (Å²) in [6, 6.07) is 15.3. The van der Waals surface area contributed by atoms with Crippen LogP contribution in [-0.2, 0) is 0 Å². The maximum absolute atomic E-state index is 13.0. The van der Waals surface area contributed by atoms with E-state index in [2.05, 4.69) is 40.7 Å². The van der Waals surface area contributed by atoms with Crippen LogP contribution in [0, 0.1) is 5.82 Å². The molecule has 0 amide bonds. The third kappa shape index (κ3) is 2.87. The molecule has 1 unspecified atom stereocenters. The first-order valence-corrected chi connectivity index (χ1v) is 7.11. The Morgan fingerprint density at radius 3 is 2.14 bits per heavy atom. The van der Waals surface area contributed by atoms with Gasteiger partial charge in [-0.2, -0.15) is 0 Å². The van der Waals surface area contributed by atoms with Crippen molar-refractivity contribution in [3.63, 3.8) is 0 Å². The Morgan fingerprint density at radius 2 is 1.62 bits per heavy atom. The Balaban J connectivity index is 1.88. The van der Waals surface area contributed by atoms with E-state index < -0.39 is 0 Å². The van der Waals surface area contributed by atoms with E-state index in [0.717, 1.165) is 17.5 Å². The first kappa shape index (κ1) is 13.6. The van der Waals surface area contributed by atoms with Gasteiger partial charge in [0.05, 0.1) is 12.4 Å². The van der Waals surface area contributed by atoms with Crippen molar-refractivity contribution in [2.24, 2.45) is 0 Å². The molecule has 1 heterocycles. The fourth-order valence-corrected chi connectivity index (χ4v) is 2.61. The van der Waals surface area contributed by atoms with Crippen molar-refractivity contribution in [3.8, 4) is 11.1 Å². The number of hydrogen-bond acceptors (Lipinski definition) is 1. The van der Waals surface area contributed by atoms with Crippen molar-refractivity contribution in [2.45, 2.75) is 19.4 Å². The van der Waals surface area contributed by atoms with E-state index in [-0.39, 0.29) is 5.82 Å². The molecule has 0 aliphatic carbocycles. The second-order valence-corrected chi connectivity index (χ2v) is 5.06. The zero-order chi connectivity index (χ0) is 14.7. The van der Waals surface area contributed by atoms with Gasteiger partial charge in [0, 0.05) is 12.4 Å². The van der Waals surface area contributed by atoms with Crippen LogP contribution in [-0.4, -0.2) is 9.55 Å². The number of hydrogen-bond donors (Lipinski definition) is 0. The highest BCUT2D eigenvalue weighted by Gasteiger charge is 2.10. The van der Waals surface area contributed by atoms with Gasteiger partial charge in [0.25, 0.3) is 0 Å². The van der Waals surface area contributed by atoms with Gasteiger partial charge in [0.15, 0.2) is 0 Å². The summed E-state index contributed by atoms with van der Waals surface area (Å²) in [7, 11) is 0. The predicted molar refractivity (Wildman–Crippen MR) is 82.5 cm³/mol. The molecule has 0 spiro atoms. The number of halogens is 1. The molecule has 1 aromatic heterocycles. The van der Waals surface area contributed by atoms with E-state index >= 15 is 0 Å². The predicted octanol–water partition coefficient (Wildman–Crippen LogP) is 4.69. The smallest absolute Gasteiger partial charge is 0.123 e. The fourth-order valence-electron chi connectivity index (χ4n) is 2.61. The SMILES string of the molecule is CCC(c1ccc(-c2ccc(F)cc2)cc1)n1ccnc1. The van der Waals surface area contributed by atoms with Crippen LogP contribution in [0.5, 0.6) is 0 Å². The summed E-state index contributed by atoms with van der Waals surface area (Å²) in [6.45, 7) is 2.17. The molecule has 2 aromatic carbocycles. The molecule has 0 N–H and O–H groups in total. The van der Waals surface area contributed by atoms with E-state index in [0.29, 0.717) is 6.04 Å². The zero-order valence-corrected chi connectivity index (χ0v) is 11.9. The average Bonchev–Trinajstić information content (AvgIpc) is 3.04. The minimum absolute atomic E-state index is 0.207. The lowest BCUT2D eigenvalue weighted by Gasteiger charge is -2.17. The zero-order valence-electron chi connectivity index (χ0n) is 11.9. The number of aromatic nitrogens is 2. The third-order valence-electron chi connectivity index (χ3n) is 3.74. The second kappa shape index (κ2) is 5.92. The summed E-state index contributed by atoms with van der Waals surface area (Å²) >= 11 is 0. The Hall–Kier alpha value is -2.42. The van der Waals surface area contributed by atoms with Crippen molar-refractivity contribution in [2.75, 3.05) is 0 Å². The maximum atomic E-state index is 13.0. The summed E-state index contributed by atoms with van der Waals surface area (Å²) in [5, 5.41) is 0. The minimum Gasteiger partial charge on any atom is -0.330 e. The molecule has 0 fully saturated rings. The van der Waals surface area contributed by atoms with Crippen molar-refractivity contribution in [1.29, 1.82) is 0 Å². The van der Waals surface area contributed by atoms with Gasteiger partial charge in [-0.05, 0) is 35.2 Å². The molecular weight excluding hydrogens is 263 g/mol. The molecule has 0 aliphatic rings. The molecule has 0 aliphatic heterocycles. The molecule has 0 saturated carbocycles. The molecule has 2 nitrogen and oxygen atoms in total. The van der Waals surface area contributed by atoms with Crippen LogP contribution in [0.25, 0.3) is 11.1 Å². The standard InChI is InChI=1S/C18H17FN2/c1-2-18(21-12-11-20-13-21)16-5-3-14(4-6-16)15-7-9-17(19)10-8-15/h3-13,18H,2H2,1H3. The van der Waals surface area contributed by atoms with Crippen LogP contribution in [0.4, 0.5) is 4.39 Å². The Bertz CT molecular complexity index is 685. The van der Waals surface area contributed by atoms with Gasteiger partial charge in [-0.1, -0.05) is 43.3 Å². The first-order valence-electron chi connectivity index (χ1n) is 7.11. The monoisotopic (exact) mass is 280 g/mol. The molecule has 21 heavy (non-hydrogen) atoms. The van der Waals surface area contributed by atoms with Gasteiger partial charge in [-0.25, -0.2) is 9.37 Å². The van der Waals surface area contributed by atoms with Crippen molar-refractivity contribution >= 4 is 0 Å². The molecule has 0 bridgehead atoms. The molecule has 3 rings (SSSR count). The number of benzene rings is 2. The Morgan fingerprint density at radius 1 is 1.00 bits per heavy atom. The van der Waals surface area contributed by atoms with E-state index in [9.17, 15) is 4.39 Å². The lowest BCUT2D eigenvalue weighted by Crippen LogP contribution is -2.07. The van der Waals surface area contributed by atoms with E-state index in [1.54, 1.807) is 18.3 Å². The number of rotatable bonds is 4. The van der Waals surface area contributed by atoms with Crippen LogP contribution in [0.15, 0.2) is 67.3 Å².